The summed E-state index contributed by atoms with van der Waals surface area (Å²) < 4.78 is 4.67. The maximum absolute atomic E-state index is 10.7. The highest BCUT2D eigenvalue weighted by Gasteiger charge is 2.00. The Kier molecular flexibility index (Phi) is 11.6. The molecule has 0 saturated carbocycles. The Morgan fingerprint density at radius 1 is 1.50 bits per heavy atom. The fourth-order valence-corrected chi connectivity index (χ4v) is 0.476. The first-order chi connectivity index (χ1) is 6.62. The van der Waals surface area contributed by atoms with Crippen LogP contribution in [-0.2, 0) is 19.1 Å². The van der Waals surface area contributed by atoms with E-state index in [9.17, 15) is 4.79 Å². The Balaban J connectivity index is 0. The predicted molar refractivity (Wildman–Crippen MR) is 45.6 cm³/mol. The lowest BCUT2D eigenvalue weighted by Crippen LogP contribution is -2.05. The van der Waals surface area contributed by atoms with Crippen molar-refractivity contribution in [2.75, 3.05) is 6.61 Å². The van der Waals surface area contributed by atoms with Gasteiger partial charge in [0, 0.05) is 6.42 Å². The minimum Gasteiger partial charge on any atom is -0.460 e. The second-order valence-electron chi connectivity index (χ2n) is 2.21. The smallest absolute Gasteiger partial charge is 0.373 e. The quantitative estimate of drug-likeness (QED) is 0.492. The maximum Gasteiger partial charge on any atom is 0.373 e. The molecule has 0 N–H and O–H groups in total. The van der Waals surface area contributed by atoms with E-state index in [1.54, 1.807) is 6.07 Å². The van der Waals surface area contributed by atoms with E-state index in [0.717, 1.165) is 6.42 Å². The molecule has 0 amide bonds. The van der Waals surface area contributed by atoms with Gasteiger partial charge in [-0.15, -0.1) is 0 Å². The van der Waals surface area contributed by atoms with Crippen LogP contribution in [0.3, 0.4) is 0 Å². The van der Waals surface area contributed by atoms with Gasteiger partial charge in [-0.3, -0.25) is 4.79 Å². The summed E-state index contributed by atoms with van der Waals surface area (Å²) in [6, 6.07) is 1.79. The molecule has 0 fully saturated rings. The van der Waals surface area contributed by atoms with Crippen molar-refractivity contribution < 1.29 is 19.1 Å². The lowest BCUT2D eigenvalue weighted by Gasteiger charge is -2.00. The summed E-state index contributed by atoms with van der Waals surface area (Å²) in [4.78, 5) is 26.9. The summed E-state index contributed by atoms with van der Waals surface area (Å²) in [5.74, 6) is -0.274. The zero-order valence-electron chi connectivity index (χ0n) is 7.91. The molecule has 0 heterocycles. The summed E-state index contributed by atoms with van der Waals surface area (Å²) in [6.07, 6.45) is 1.41. The number of hydrogen-bond acceptors (Lipinski definition) is 5. The van der Waals surface area contributed by atoms with Gasteiger partial charge in [-0.1, -0.05) is 13.5 Å². The molecular formula is C9H11NO4. The van der Waals surface area contributed by atoms with Crippen molar-refractivity contribution in [1.82, 2.24) is 0 Å². The van der Waals surface area contributed by atoms with Gasteiger partial charge >= 0.3 is 12.1 Å². The highest BCUT2D eigenvalue weighted by molar-refractivity contribution is 5.69. The normalized spacial score (nSPS) is 7.14. The second-order valence-corrected chi connectivity index (χ2v) is 2.21. The average molecular weight is 197 g/mol. The Hall–Kier alpha value is -1.92. The molecule has 0 aromatic rings. The summed E-state index contributed by atoms with van der Waals surface area (Å²) in [5.41, 5.74) is 0.273. The van der Waals surface area contributed by atoms with Crippen molar-refractivity contribution in [2.24, 2.45) is 0 Å². The molecule has 0 radical (unpaired) electrons. The fourth-order valence-electron chi connectivity index (χ4n) is 0.476. The molecule has 76 valence electrons. The van der Waals surface area contributed by atoms with Gasteiger partial charge in [0.1, 0.15) is 6.61 Å². The van der Waals surface area contributed by atoms with Crippen LogP contribution in [0.2, 0.25) is 0 Å². The van der Waals surface area contributed by atoms with Crippen LogP contribution in [0, 0.1) is 11.3 Å². The first-order valence-corrected chi connectivity index (χ1v) is 3.85. The number of nitriles is 1. The molecule has 0 atom stereocenters. The molecule has 0 aromatic heterocycles. The number of hydrogen-bond donors (Lipinski definition) is 0. The predicted octanol–water partition coefficient (Wildman–Crippen LogP) is 0.826. The summed E-state index contributed by atoms with van der Waals surface area (Å²) in [5, 5.41) is 8.24. The standard InChI is InChI=1S/C8H11NO2.CO2/c1-3-4-8(10)11-6-7(2)5-9;2-1-3/h2-4,6H2,1H3;. The molecule has 0 unspecified atom stereocenters. The fraction of sp³-hybridized carbons (Fsp3) is 0.444. The molecule has 0 spiro atoms. The van der Waals surface area contributed by atoms with Gasteiger partial charge in [-0.05, 0) is 6.42 Å². The van der Waals surface area contributed by atoms with Crippen molar-refractivity contribution in [2.45, 2.75) is 19.8 Å². The first-order valence-electron chi connectivity index (χ1n) is 3.85. The molecule has 14 heavy (non-hydrogen) atoms. The molecule has 0 aliphatic carbocycles. The van der Waals surface area contributed by atoms with E-state index in [1.165, 1.54) is 0 Å². The van der Waals surface area contributed by atoms with Crippen LogP contribution < -0.4 is 0 Å². The van der Waals surface area contributed by atoms with Gasteiger partial charge in [-0.25, -0.2) is 0 Å². The van der Waals surface area contributed by atoms with Crippen LogP contribution in [0.5, 0.6) is 0 Å². The van der Waals surface area contributed by atoms with Gasteiger partial charge in [-0.2, -0.15) is 14.9 Å². The Bertz CT molecular complexity index is 258. The van der Waals surface area contributed by atoms with Crippen molar-refractivity contribution >= 4 is 12.1 Å². The second kappa shape index (κ2) is 11.1. The number of rotatable bonds is 4. The molecular weight excluding hydrogens is 186 g/mol. The van der Waals surface area contributed by atoms with Crippen molar-refractivity contribution in [3.63, 3.8) is 0 Å². The molecule has 5 nitrogen and oxygen atoms in total. The molecule has 0 aliphatic rings. The van der Waals surface area contributed by atoms with Gasteiger partial charge in [0.05, 0.1) is 11.6 Å². The molecule has 0 bridgehead atoms. The van der Waals surface area contributed by atoms with E-state index in [0.29, 0.717) is 6.42 Å². The average Bonchev–Trinajstić information content (AvgIpc) is 2.16. The number of ether oxygens (including phenoxy) is 1. The van der Waals surface area contributed by atoms with E-state index >= 15 is 0 Å². The number of carbonyl (C=O) groups excluding carboxylic acids is 3. The molecule has 0 aliphatic heterocycles. The molecule has 5 heteroatoms. The monoisotopic (exact) mass is 197 g/mol. The maximum atomic E-state index is 10.7. The number of nitrogens with zero attached hydrogens (tertiary/aromatic N) is 1. The van der Waals surface area contributed by atoms with Crippen molar-refractivity contribution in [3.8, 4) is 6.07 Å². The molecule has 0 aromatic carbocycles. The van der Waals surface area contributed by atoms with E-state index < -0.39 is 0 Å². The number of carbonyl (C=O) groups is 1. The highest BCUT2D eigenvalue weighted by atomic mass is 16.5. The Labute approximate surface area is 82.0 Å². The summed E-state index contributed by atoms with van der Waals surface area (Å²) >= 11 is 0. The summed E-state index contributed by atoms with van der Waals surface area (Å²) in [7, 11) is 0. The summed E-state index contributed by atoms with van der Waals surface area (Å²) in [6.45, 7) is 5.28. The van der Waals surface area contributed by atoms with Crippen molar-refractivity contribution in [3.05, 3.63) is 12.2 Å². The van der Waals surface area contributed by atoms with Gasteiger partial charge < -0.3 is 4.74 Å². The van der Waals surface area contributed by atoms with E-state index in [-0.39, 0.29) is 24.3 Å². The zero-order chi connectivity index (χ0) is 11.4. The van der Waals surface area contributed by atoms with E-state index in [1.807, 2.05) is 6.92 Å². The van der Waals surface area contributed by atoms with Crippen LogP contribution >= 0.6 is 0 Å². The highest BCUT2D eigenvalue weighted by Crippen LogP contribution is 1.94. The molecule has 0 rings (SSSR count). The number of esters is 1. The van der Waals surface area contributed by atoms with Crippen LogP contribution in [-0.4, -0.2) is 18.7 Å². The van der Waals surface area contributed by atoms with Crippen LogP contribution in [0.25, 0.3) is 0 Å². The van der Waals surface area contributed by atoms with Crippen LogP contribution in [0.4, 0.5) is 0 Å². The third kappa shape index (κ3) is 12.7. The van der Waals surface area contributed by atoms with Crippen molar-refractivity contribution in [1.29, 1.82) is 5.26 Å². The van der Waals surface area contributed by atoms with Gasteiger partial charge in [0.2, 0.25) is 0 Å². The zero-order valence-corrected chi connectivity index (χ0v) is 7.91. The largest absolute Gasteiger partial charge is 0.460 e. The third-order valence-electron chi connectivity index (χ3n) is 1.02. The Morgan fingerprint density at radius 3 is 2.36 bits per heavy atom. The first kappa shape index (κ1) is 14.6. The van der Waals surface area contributed by atoms with E-state index in [4.69, 9.17) is 14.9 Å². The van der Waals surface area contributed by atoms with E-state index in [2.05, 4.69) is 11.3 Å². The van der Waals surface area contributed by atoms with Gasteiger partial charge in [0.25, 0.3) is 0 Å². The SMILES string of the molecule is C=C(C#N)COC(=O)CCC.O=C=O. The van der Waals surface area contributed by atoms with Crippen LogP contribution in [0.15, 0.2) is 12.2 Å². The lowest BCUT2D eigenvalue weighted by molar-refractivity contribution is -0.191. The third-order valence-corrected chi connectivity index (χ3v) is 1.02. The molecule has 0 saturated heterocycles. The topological polar surface area (TPSA) is 84.2 Å². The minimum absolute atomic E-state index is 0.0231. The van der Waals surface area contributed by atoms with Crippen LogP contribution in [0.1, 0.15) is 19.8 Å². The Morgan fingerprint density at radius 2 is 2.00 bits per heavy atom. The minimum atomic E-state index is -0.274. The van der Waals surface area contributed by atoms with Gasteiger partial charge in [0.15, 0.2) is 0 Å². The lowest BCUT2D eigenvalue weighted by atomic mass is 10.3.